The van der Waals surface area contributed by atoms with E-state index in [0.717, 1.165) is 22.8 Å². The second-order valence-corrected chi connectivity index (χ2v) is 5.60. The fraction of sp³-hybridized carbons (Fsp3) is 0.200. The SMILES string of the molecule is COCCNc1cc(Nc2ccc(OC)cc2)nc(-c2ccccc2)n1. The van der Waals surface area contributed by atoms with E-state index in [1.807, 2.05) is 60.7 Å². The van der Waals surface area contributed by atoms with Crippen molar-refractivity contribution in [3.8, 4) is 17.1 Å². The van der Waals surface area contributed by atoms with Crippen molar-refractivity contribution in [1.82, 2.24) is 9.97 Å². The third kappa shape index (κ3) is 4.70. The molecular formula is C20H22N4O2. The fourth-order valence-corrected chi connectivity index (χ4v) is 2.42. The van der Waals surface area contributed by atoms with Gasteiger partial charge in [0, 0.05) is 31.0 Å². The molecule has 26 heavy (non-hydrogen) atoms. The van der Waals surface area contributed by atoms with Crippen LogP contribution in [0.15, 0.2) is 60.7 Å². The number of hydrogen-bond donors (Lipinski definition) is 2. The number of hydrogen-bond acceptors (Lipinski definition) is 6. The number of anilines is 3. The minimum absolute atomic E-state index is 0.603. The Morgan fingerprint density at radius 2 is 1.62 bits per heavy atom. The lowest BCUT2D eigenvalue weighted by atomic mass is 10.2. The molecule has 0 radical (unpaired) electrons. The maximum Gasteiger partial charge on any atom is 0.163 e. The molecule has 2 N–H and O–H groups in total. The second-order valence-electron chi connectivity index (χ2n) is 5.60. The third-order valence-electron chi connectivity index (χ3n) is 3.73. The highest BCUT2D eigenvalue weighted by Crippen LogP contribution is 2.23. The first kappa shape index (κ1) is 17.7. The average molecular weight is 350 g/mol. The first-order valence-electron chi connectivity index (χ1n) is 8.37. The van der Waals surface area contributed by atoms with Crippen LogP contribution in [-0.2, 0) is 4.74 Å². The Labute approximate surface area is 153 Å². The van der Waals surface area contributed by atoms with Gasteiger partial charge in [0.15, 0.2) is 5.82 Å². The number of nitrogens with zero attached hydrogens (tertiary/aromatic N) is 2. The van der Waals surface area contributed by atoms with E-state index in [0.29, 0.717) is 24.8 Å². The lowest BCUT2D eigenvalue weighted by Crippen LogP contribution is -2.10. The predicted molar refractivity (Wildman–Crippen MR) is 104 cm³/mol. The summed E-state index contributed by atoms with van der Waals surface area (Å²) in [7, 11) is 3.32. The van der Waals surface area contributed by atoms with E-state index in [2.05, 4.69) is 20.6 Å². The zero-order valence-corrected chi connectivity index (χ0v) is 14.9. The van der Waals surface area contributed by atoms with Gasteiger partial charge in [-0.15, -0.1) is 0 Å². The summed E-state index contributed by atoms with van der Waals surface area (Å²) in [6.45, 7) is 1.27. The van der Waals surface area contributed by atoms with Gasteiger partial charge in [0.25, 0.3) is 0 Å². The largest absolute Gasteiger partial charge is 0.497 e. The van der Waals surface area contributed by atoms with Crippen LogP contribution in [-0.4, -0.2) is 37.3 Å². The zero-order chi connectivity index (χ0) is 18.2. The summed E-state index contributed by atoms with van der Waals surface area (Å²) in [6, 6.07) is 19.5. The van der Waals surface area contributed by atoms with E-state index in [1.54, 1.807) is 14.2 Å². The monoisotopic (exact) mass is 350 g/mol. The van der Waals surface area contributed by atoms with E-state index in [1.165, 1.54) is 0 Å². The van der Waals surface area contributed by atoms with Crippen molar-refractivity contribution in [2.45, 2.75) is 0 Å². The van der Waals surface area contributed by atoms with E-state index >= 15 is 0 Å². The highest BCUT2D eigenvalue weighted by molar-refractivity contribution is 5.65. The Hall–Kier alpha value is -3.12. The highest BCUT2D eigenvalue weighted by Gasteiger charge is 2.07. The number of nitrogens with one attached hydrogen (secondary N) is 2. The first-order chi connectivity index (χ1) is 12.8. The number of rotatable bonds is 8. The van der Waals surface area contributed by atoms with E-state index < -0.39 is 0 Å². The molecule has 6 heteroatoms. The van der Waals surface area contributed by atoms with Crippen molar-refractivity contribution >= 4 is 17.3 Å². The summed E-state index contributed by atoms with van der Waals surface area (Å²) >= 11 is 0. The number of methoxy groups -OCH3 is 2. The fourth-order valence-electron chi connectivity index (χ4n) is 2.42. The molecule has 3 rings (SSSR count). The normalized spacial score (nSPS) is 10.4. The molecule has 0 amide bonds. The van der Waals surface area contributed by atoms with Crippen molar-refractivity contribution in [1.29, 1.82) is 0 Å². The number of aromatic nitrogens is 2. The number of ether oxygens (including phenoxy) is 2. The molecule has 0 aliphatic carbocycles. The van der Waals surface area contributed by atoms with Crippen LogP contribution < -0.4 is 15.4 Å². The lowest BCUT2D eigenvalue weighted by Gasteiger charge is -2.12. The van der Waals surface area contributed by atoms with Gasteiger partial charge in [0.2, 0.25) is 0 Å². The molecule has 134 valence electrons. The summed E-state index contributed by atoms with van der Waals surface area (Å²) in [5, 5.41) is 6.58. The highest BCUT2D eigenvalue weighted by atomic mass is 16.5. The summed E-state index contributed by atoms with van der Waals surface area (Å²) in [6.07, 6.45) is 0. The smallest absolute Gasteiger partial charge is 0.163 e. The molecule has 2 aromatic carbocycles. The lowest BCUT2D eigenvalue weighted by molar-refractivity contribution is 0.210. The predicted octanol–water partition coefficient (Wildman–Crippen LogP) is 3.95. The second kappa shape index (κ2) is 8.82. The van der Waals surface area contributed by atoms with Crippen LogP contribution in [0.3, 0.4) is 0 Å². The molecule has 0 fully saturated rings. The summed E-state index contributed by atoms with van der Waals surface area (Å²) < 4.78 is 10.3. The molecule has 0 aliphatic heterocycles. The molecule has 3 aromatic rings. The number of benzene rings is 2. The van der Waals surface area contributed by atoms with Crippen LogP contribution in [0.5, 0.6) is 5.75 Å². The zero-order valence-electron chi connectivity index (χ0n) is 14.9. The van der Waals surface area contributed by atoms with Crippen LogP contribution >= 0.6 is 0 Å². The van der Waals surface area contributed by atoms with Crippen LogP contribution in [0.25, 0.3) is 11.4 Å². The summed E-state index contributed by atoms with van der Waals surface area (Å²) in [4.78, 5) is 9.25. The quantitative estimate of drug-likeness (QED) is 0.600. The molecule has 0 bridgehead atoms. The maximum atomic E-state index is 5.20. The minimum atomic E-state index is 0.603. The first-order valence-corrected chi connectivity index (χ1v) is 8.37. The Morgan fingerprint density at radius 1 is 0.885 bits per heavy atom. The van der Waals surface area contributed by atoms with Gasteiger partial charge in [0.1, 0.15) is 17.4 Å². The van der Waals surface area contributed by atoms with Crippen LogP contribution in [0.4, 0.5) is 17.3 Å². The molecule has 0 saturated carbocycles. The van der Waals surface area contributed by atoms with Gasteiger partial charge in [0.05, 0.1) is 13.7 Å². The van der Waals surface area contributed by atoms with Gasteiger partial charge in [-0.25, -0.2) is 9.97 Å². The molecule has 1 aromatic heterocycles. The molecule has 0 saturated heterocycles. The van der Waals surface area contributed by atoms with Crippen molar-refractivity contribution in [2.24, 2.45) is 0 Å². The van der Waals surface area contributed by atoms with Crippen molar-refractivity contribution in [3.63, 3.8) is 0 Å². The van der Waals surface area contributed by atoms with E-state index in [-0.39, 0.29) is 0 Å². The van der Waals surface area contributed by atoms with Crippen LogP contribution in [0, 0.1) is 0 Å². The van der Waals surface area contributed by atoms with Gasteiger partial charge in [-0.1, -0.05) is 30.3 Å². The van der Waals surface area contributed by atoms with Crippen molar-refractivity contribution < 1.29 is 9.47 Å². The summed E-state index contributed by atoms with van der Waals surface area (Å²) in [5.74, 6) is 2.92. The average Bonchev–Trinajstić information content (AvgIpc) is 2.69. The van der Waals surface area contributed by atoms with Crippen molar-refractivity contribution in [3.05, 3.63) is 60.7 Å². The van der Waals surface area contributed by atoms with Gasteiger partial charge in [-0.2, -0.15) is 0 Å². The Morgan fingerprint density at radius 3 is 2.31 bits per heavy atom. The molecule has 0 spiro atoms. The third-order valence-corrected chi connectivity index (χ3v) is 3.73. The minimum Gasteiger partial charge on any atom is -0.497 e. The molecular weight excluding hydrogens is 328 g/mol. The van der Waals surface area contributed by atoms with E-state index in [9.17, 15) is 0 Å². The molecule has 0 unspecified atom stereocenters. The Balaban J connectivity index is 1.87. The molecule has 0 aliphatic rings. The van der Waals surface area contributed by atoms with E-state index in [4.69, 9.17) is 9.47 Å². The van der Waals surface area contributed by atoms with Crippen molar-refractivity contribution in [2.75, 3.05) is 38.0 Å². The molecule has 6 nitrogen and oxygen atoms in total. The maximum absolute atomic E-state index is 5.20. The Kier molecular flexibility index (Phi) is 6.01. The van der Waals surface area contributed by atoms with Gasteiger partial charge < -0.3 is 20.1 Å². The van der Waals surface area contributed by atoms with Crippen LogP contribution in [0.2, 0.25) is 0 Å². The summed E-state index contributed by atoms with van der Waals surface area (Å²) in [5.41, 5.74) is 1.88. The topological polar surface area (TPSA) is 68.3 Å². The Bertz CT molecular complexity index is 823. The van der Waals surface area contributed by atoms with Crippen LogP contribution in [0.1, 0.15) is 0 Å². The standard InChI is InChI=1S/C20H22N4O2/c1-25-13-12-21-18-14-19(22-16-8-10-17(26-2)11-9-16)24-20(23-18)15-6-4-3-5-7-15/h3-11,14H,12-13H2,1-2H3,(H2,21,22,23,24). The van der Waals surface area contributed by atoms with Gasteiger partial charge >= 0.3 is 0 Å². The van der Waals surface area contributed by atoms with Gasteiger partial charge in [-0.05, 0) is 24.3 Å². The molecule has 0 atom stereocenters. The molecule has 1 heterocycles. The van der Waals surface area contributed by atoms with Gasteiger partial charge in [-0.3, -0.25) is 0 Å².